The smallest absolute Gasteiger partial charge is 0.216 e. The van der Waals surface area contributed by atoms with Gasteiger partial charge in [-0.3, -0.25) is 4.68 Å². The Morgan fingerprint density at radius 1 is 1.33 bits per heavy atom. The van der Waals surface area contributed by atoms with E-state index in [0.29, 0.717) is 11.9 Å². The highest BCUT2D eigenvalue weighted by atomic mass is 16.5. The highest BCUT2D eigenvalue weighted by Crippen LogP contribution is 2.18. The second-order valence-corrected chi connectivity index (χ2v) is 5.18. The van der Waals surface area contributed by atoms with Gasteiger partial charge >= 0.3 is 0 Å². The molecular weight excluding hydrogens is 266 g/mol. The number of likely N-dealkylation sites (N-methyl/N-ethyl adjacent to an activating group) is 1. The lowest BCUT2D eigenvalue weighted by Crippen LogP contribution is -2.24. The molecule has 0 radical (unpaired) electrons. The molecule has 0 spiro atoms. The van der Waals surface area contributed by atoms with Crippen molar-refractivity contribution in [3.05, 3.63) is 36.0 Å². The average Bonchev–Trinajstić information content (AvgIpc) is 2.96. The van der Waals surface area contributed by atoms with E-state index in [4.69, 9.17) is 4.74 Å². The van der Waals surface area contributed by atoms with Crippen LogP contribution in [0.2, 0.25) is 0 Å². The van der Waals surface area contributed by atoms with Crippen LogP contribution in [0, 0.1) is 0 Å². The molecule has 0 aliphatic rings. The van der Waals surface area contributed by atoms with E-state index in [9.17, 15) is 0 Å². The van der Waals surface area contributed by atoms with Crippen LogP contribution in [0.1, 0.15) is 44.2 Å². The van der Waals surface area contributed by atoms with Crippen LogP contribution in [-0.4, -0.2) is 33.4 Å². The summed E-state index contributed by atoms with van der Waals surface area (Å²) in [6, 6.07) is 4.40. The molecule has 0 aromatic carbocycles. The number of rotatable bonds is 7. The van der Waals surface area contributed by atoms with Crippen LogP contribution < -0.4 is 10.1 Å². The van der Waals surface area contributed by atoms with Crippen molar-refractivity contribution in [2.24, 2.45) is 0 Å². The van der Waals surface area contributed by atoms with Gasteiger partial charge in [0.15, 0.2) is 0 Å². The van der Waals surface area contributed by atoms with Gasteiger partial charge in [0, 0.05) is 24.7 Å². The summed E-state index contributed by atoms with van der Waals surface area (Å²) in [7, 11) is 1.61. The summed E-state index contributed by atoms with van der Waals surface area (Å²) in [6.07, 6.45) is 4.34. The molecule has 0 fully saturated rings. The van der Waals surface area contributed by atoms with Crippen molar-refractivity contribution in [2.75, 3.05) is 13.7 Å². The maximum absolute atomic E-state index is 5.17. The molecule has 1 N–H and O–H groups in total. The summed E-state index contributed by atoms with van der Waals surface area (Å²) in [5, 5.41) is 8.04. The average molecular weight is 289 g/mol. The minimum atomic E-state index is 0.0995. The molecule has 21 heavy (non-hydrogen) atoms. The van der Waals surface area contributed by atoms with E-state index in [1.165, 1.54) is 6.33 Å². The third-order valence-electron chi connectivity index (χ3n) is 3.29. The van der Waals surface area contributed by atoms with E-state index in [2.05, 4.69) is 47.2 Å². The Bertz CT molecular complexity index is 567. The summed E-state index contributed by atoms with van der Waals surface area (Å²) in [4.78, 5) is 8.41. The van der Waals surface area contributed by atoms with Crippen molar-refractivity contribution in [2.45, 2.75) is 39.3 Å². The highest BCUT2D eigenvalue weighted by molar-refractivity contribution is 5.18. The van der Waals surface area contributed by atoms with Crippen LogP contribution >= 0.6 is 0 Å². The zero-order valence-electron chi connectivity index (χ0n) is 13.1. The lowest BCUT2D eigenvalue weighted by atomic mass is 10.1. The fraction of sp³-hybridized carbons (Fsp3) is 0.533. The number of ether oxygens (including phenoxy) is 1. The van der Waals surface area contributed by atoms with Crippen LogP contribution in [0.15, 0.2) is 24.7 Å². The number of nitrogens with one attached hydrogen (secondary N) is 1. The molecule has 0 amide bonds. The Balaban J connectivity index is 2.17. The topological polar surface area (TPSA) is 64.9 Å². The Morgan fingerprint density at radius 2 is 2.14 bits per heavy atom. The Labute approximate surface area is 125 Å². The first-order chi connectivity index (χ1) is 10.1. The molecule has 0 bridgehead atoms. The number of hydrogen-bond acceptors (Lipinski definition) is 5. The summed E-state index contributed by atoms with van der Waals surface area (Å²) < 4.78 is 7.14. The van der Waals surface area contributed by atoms with Crippen molar-refractivity contribution in [1.82, 2.24) is 25.1 Å². The molecule has 6 heteroatoms. The number of methoxy groups -OCH3 is 1. The number of hydrogen-bond donors (Lipinski definition) is 1. The quantitative estimate of drug-likeness (QED) is 0.846. The van der Waals surface area contributed by atoms with Crippen LogP contribution in [0.3, 0.4) is 0 Å². The van der Waals surface area contributed by atoms with Crippen molar-refractivity contribution in [1.29, 1.82) is 0 Å². The van der Waals surface area contributed by atoms with Crippen LogP contribution in [-0.2, 0) is 6.42 Å². The predicted octanol–water partition coefficient (Wildman–Crippen LogP) is 2.16. The fourth-order valence-electron chi connectivity index (χ4n) is 2.17. The first-order valence-corrected chi connectivity index (χ1v) is 7.27. The summed E-state index contributed by atoms with van der Waals surface area (Å²) in [5.74, 6) is 0.579. The fourth-order valence-corrected chi connectivity index (χ4v) is 2.17. The van der Waals surface area contributed by atoms with Crippen LogP contribution in [0.4, 0.5) is 0 Å². The van der Waals surface area contributed by atoms with Crippen molar-refractivity contribution < 1.29 is 4.74 Å². The first-order valence-electron chi connectivity index (χ1n) is 7.27. The van der Waals surface area contributed by atoms with Crippen molar-refractivity contribution in [3.8, 4) is 5.88 Å². The second-order valence-electron chi connectivity index (χ2n) is 5.18. The maximum atomic E-state index is 5.17. The normalized spacial score (nSPS) is 12.6. The van der Waals surface area contributed by atoms with E-state index < -0.39 is 0 Å². The molecular formula is C15H23N5O. The molecule has 2 aromatic rings. The van der Waals surface area contributed by atoms with Crippen molar-refractivity contribution in [3.63, 3.8) is 0 Å². The van der Waals surface area contributed by atoms with E-state index in [1.807, 2.05) is 16.9 Å². The monoisotopic (exact) mass is 289 g/mol. The summed E-state index contributed by atoms with van der Waals surface area (Å²) >= 11 is 0. The molecule has 0 aliphatic carbocycles. The number of aromatic nitrogens is 4. The Hall–Kier alpha value is -1.95. The van der Waals surface area contributed by atoms with Gasteiger partial charge in [0.2, 0.25) is 5.88 Å². The number of nitrogens with zero attached hydrogens (tertiary/aromatic N) is 4. The van der Waals surface area contributed by atoms with Crippen LogP contribution in [0.5, 0.6) is 5.88 Å². The lowest BCUT2D eigenvalue weighted by Gasteiger charge is -2.16. The minimum absolute atomic E-state index is 0.0995. The molecule has 0 saturated heterocycles. The lowest BCUT2D eigenvalue weighted by molar-refractivity contribution is 0.393. The van der Waals surface area contributed by atoms with Gasteiger partial charge in [-0.05, 0) is 26.5 Å². The van der Waals surface area contributed by atoms with E-state index >= 15 is 0 Å². The molecule has 114 valence electrons. The van der Waals surface area contributed by atoms with E-state index in [0.717, 1.165) is 24.4 Å². The maximum Gasteiger partial charge on any atom is 0.216 e. The molecule has 2 rings (SSSR count). The van der Waals surface area contributed by atoms with Crippen LogP contribution in [0.25, 0.3) is 0 Å². The van der Waals surface area contributed by atoms with Gasteiger partial charge < -0.3 is 10.1 Å². The first kappa shape index (κ1) is 15.4. The van der Waals surface area contributed by atoms with Crippen molar-refractivity contribution >= 4 is 0 Å². The Kier molecular flexibility index (Phi) is 5.27. The molecule has 2 aromatic heterocycles. The molecule has 6 nitrogen and oxygen atoms in total. The van der Waals surface area contributed by atoms with Gasteiger partial charge in [0.25, 0.3) is 0 Å². The van der Waals surface area contributed by atoms with Gasteiger partial charge in [0.05, 0.1) is 24.5 Å². The van der Waals surface area contributed by atoms with E-state index in [1.54, 1.807) is 7.11 Å². The minimum Gasteiger partial charge on any atom is -0.481 e. The SMILES string of the molecule is CCNC(Cc1ccn(C(C)C)n1)c1cc(OC)ncn1. The standard InChI is InChI=1S/C15H23N5O/c1-5-16-13(14-9-15(21-4)18-10-17-14)8-12-6-7-20(19-12)11(2)3/h6-7,9-11,13,16H,5,8H2,1-4H3. The van der Waals surface area contributed by atoms with Gasteiger partial charge in [-0.15, -0.1) is 0 Å². The van der Waals surface area contributed by atoms with Gasteiger partial charge in [-0.1, -0.05) is 6.92 Å². The molecule has 1 atom stereocenters. The van der Waals surface area contributed by atoms with Gasteiger partial charge in [-0.2, -0.15) is 5.10 Å². The second kappa shape index (κ2) is 7.17. The zero-order valence-corrected chi connectivity index (χ0v) is 13.1. The predicted molar refractivity (Wildman–Crippen MR) is 81.3 cm³/mol. The van der Waals surface area contributed by atoms with E-state index in [-0.39, 0.29) is 6.04 Å². The third-order valence-corrected chi connectivity index (χ3v) is 3.29. The largest absolute Gasteiger partial charge is 0.481 e. The molecule has 0 saturated carbocycles. The molecule has 1 unspecified atom stereocenters. The van der Waals surface area contributed by atoms with Gasteiger partial charge in [-0.25, -0.2) is 9.97 Å². The Morgan fingerprint density at radius 3 is 2.76 bits per heavy atom. The highest BCUT2D eigenvalue weighted by Gasteiger charge is 2.15. The molecule has 2 heterocycles. The summed E-state index contributed by atoms with van der Waals surface area (Å²) in [5.41, 5.74) is 1.97. The van der Waals surface area contributed by atoms with Gasteiger partial charge in [0.1, 0.15) is 6.33 Å². The third kappa shape index (κ3) is 4.01. The molecule has 0 aliphatic heterocycles. The zero-order chi connectivity index (χ0) is 15.2. The summed E-state index contributed by atoms with van der Waals surface area (Å²) in [6.45, 7) is 7.18.